The van der Waals surface area contributed by atoms with Crippen LogP contribution in [0.4, 0.5) is 0 Å². The van der Waals surface area contributed by atoms with E-state index in [1.165, 1.54) is 0 Å². The largest absolute Gasteiger partial charge is 0.256 e. The second-order valence-corrected chi connectivity index (χ2v) is 4.49. The molecule has 0 radical (unpaired) electrons. The predicted octanol–water partition coefficient (Wildman–Crippen LogP) is 0.394. The lowest BCUT2D eigenvalue weighted by Crippen LogP contribution is -1.82. The van der Waals surface area contributed by atoms with Crippen molar-refractivity contribution >= 4 is 43.5 Å². The van der Waals surface area contributed by atoms with E-state index in [0.717, 1.165) is 0 Å². The van der Waals surface area contributed by atoms with Crippen molar-refractivity contribution in [2.75, 3.05) is 0 Å². The average Bonchev–Trinajstić information content (AvgIpc) is 0.811. The van der Waals surface area contributed by atoms with E-state index in [9.17, 15) is 0 Å². The highest BCUT2D eigenvalue weighted by Gasteiger charge is 1.84. The fourth-order valence-corrected chi connectivity index (χ4v) is 0. The molecule has 0 aliphatic rings. The van der Waals surface area contributed by atoms with Gasteiger partial charge >= 0.3 is 0 Å². The van der Waals surface area contributed by atoms with Crippen molar-refractivity contribution in [2.24, 2.45) is 0 Å². The minimum atomic E-state index is 0.458. The Morgan fingerprint density at radius 3 is 1.50 bits per heavy atom. The molecule has 0 saturated carbocycles. The molecule has 0 bridgehead atoms. The summed E-state index contributed by atoms with van der Waals surface area (Å²) in [6, 6.07) is 0. The lowest BCUT2D eigenvalue weighted by Gasteiger charge is -1.65. The normalized spacial score (nSPS) is 6.50. The predicted molar refractivity (Wildman–Crippen MR) is 32.2 cm³/mol. The molecule has 0 heterocycles. The van der Waals surface area contributed by atoms with E-state index in [1.54, 1.807) is 0 Å². The number of rotatable bonds is 0. The molecule has 0 atom stereocenters. The van der Waals surface area contributed by atoms with Gasteiger partial charge in [0.25, 0.3) is 4.25 Å². The molecule has 0 rings (SSSR count). The Hall–Kier alpha value is 1.09. The second kappa shape index (κ2) is 2.33. The van der Waals surface area contributed by atoms with Gasteiger partial charge in [0.2, 0.25) is 0 Å². The summed E-state index contributed by atoms with van der Waals surface area (Å²) in [5.74, 6) is 0. The van der Waals surface area contributed by atoms with E-state index in [-0.39, 0.29) is 0 Å². The van der Waals surface area contributed by atoms with Crippen LogP contribution in [0.1, 0.15) is 0 Å². The van der Waals surface area contributed by atoms with Crippen LogP contribution in [0.2, 0.25) is 0 Å². The molecule has 0 fully saturated rings. The second-order valence-electron chi connectivity index (χ2n) is 0.519. The van der Waals surface area contributed by atoms with Gasteiger partial charge in [-0.2, -0.15) is 31.5 Å². The Morgan fingerprint density at radius 1 is 1.50 bits per heavy atom. The van der Waals surface area contributed by atoms with Crippen LogP contribution in [-0.2, 0) is 0 Å². The van der Waals surface area contributed by atoms with Crippen LogP contribution in [0.25, 0.3) is 0 Å². The number of hydrogen-bond acceptors (Lipinski definition) is 0. The molecule has 4 heteroatoms. The maximum atomic E-state index is 3.19. The van der Waals surface area contributed by atoms with Gasteiger partial charge in [0.1, 0.15) is 7.74 Å². The first-order valence-corrected chi connectivity index (χ1v) is 2.85. The van der Waals surface area contributed by atoms with E-state index in [1.807, 2.05) is 7.74 Å². The van der Waals surface area contributed by atoms with Gasteiger partial charge in [-0.3, -0.25) is 0 Å². The molecule has 0 aliphatic carbocycles. The highest BCUT2D eigenvalue weighted by molar-refractivity contribution is 9.50. The van der Waals surface area contributed by atoms with Crippen molar-refractivity contribution in [1.82, 2.24) is 0 Å². The molecule has 0 aromatic rings. The minimum absolute atomic E-state index is 0.458. The van der Waals surface area contributed by atoms with Crippen LogP contribution >= 0.6 is 31.5 Å². The van der Waals surface area contributed by atoms with Gasteiger partial charge in [-0.15, -0.1) is 0 Å². The zero-order valence-corrected chi connectivity index (χ0v) is 5.51. The molecule has 0 amide bonds. The van der Waals surface area contributed by atoms with Crippen LogP contribution in [0.5, 0.6) is 0 Å². The lowest BCUT2D eigenvalue weighted by atomic mass is 9.80. The molecule has 0 N–H and O–H groups in total. The molecule has 22 valence electrons. The highest BCUT2D eigenvalue weighted by Crippen LogP contribution is 1.92. The Kier molecular flexibility index (Phi) is 2.97. The molecule has 0 aliphatic heterocycles. The summed E-state index contributed by atoms with van der Waals surface area (Å²) in [5.41, 5.74) is 0. The van der Waals surface area contributed by atoms with Crippen LogP contribution in [0.15, 0.2) is 0 Å². The topological polar surface area (TPSA) is 0 Å². The summed E-state index contributed by atoms with van der Waals surface area (Å²) in [6.45, 7) is 0. The third kappa shape index (κ3) is 11.4. The summed E-state index contributed by atoms with van der Waals surface area (Å²) in [7, 11) is 2.00. The maximum Gasteiger partial charge on any atom is 0.256 e. The van der Waals surface area contributed by atoms with Gasteiger partial charge < -0.3 is 0 Å². The molecule has 0 nitrogen and oxygen atoms in total. The highest BCUT2D eigenvalue weighted by atomic mass is 79.9. The fourth-order valence-electron chi connectivity index (χ4n) is 0. The van der Waals surface area contributed by atoms with E-state index >= 15 is 0 Å². The van der Waals surface area contributed by atoms with Crippen molar-refractivity contribution in [2.45, 2.75) is 0 Å². The van der Waals surface area contributed by atoms with Crippen LogP contribution in [0.3, 0.4) is 0 Å². The summed E-state index contributed by atoms with van der Waals surface area (Å²) in [5, 5.41) is 0. The van der Waals surface area contributed by atoms with Gasteiger partial charge in [0.05, 0.1) is 0 Å². The molecular formula is H2B2Br2. The number of halogens is 2. The van der Waals surface area contributed by atoms with Crippen molar-refractivity contribution in [3.05, 3.63) is 0 Å². The van der Waals surface area contributed by atoms with Crippen LogP contribution in [0, 0.1) is 0 Å². The summed E-state index contributed by atoms with van der Waals surface area (Å²) in [6.07, 6.45) is 0. The van der Waals surface area contributed by atoms with E-state index < -0.39 is 0 Å². The van der Waals surface area contributed by atoms with Crippen molar-refractivity contribution in [3.8, 4) is 0 Å². The SMILES string of the molecule is BB(Br)Br. The van der Waals surface area contributed by atoms with Crippen LogP contribution < -0.4 is 0 Å². The monoisotopic (exact) mass is 182 g/mol. The number of hydrogen-bond donors (Lipinski definition) is 0. The Balaban J connectivity index is 2.32. The van der Waals surface area contributed by atoms with Gasteiger partial charge in [-0.25, -0.2) is 0 Å². The maximum absolute atomic E-state index is 3.19. The molecule has 4 heavy (non-hydrogen) atoms. The van der Waals surface area contributed by atoms with Gasteiger partial charge in [-0.05, 0) is 0 Å². The van der Waals surface area contributed by atoms with Gasteiger partial charge in [-0.1, -0.05) is 0 Å². The Bertz CT molecular complexity index is 8.75. The van der Waals surface area contributed by atoms with E-state index in [4.69, 9.17) is 0 Å². The van der Waals surface area contributed by atoms with Crippen molar-refractivity contribution < 1.29 is 0 Å². The zero-order valence-electron chi connectivity index (χ0n) is 2.33. The smallest absolute Gasteiger partial charge is 0.151 e. The first kappa shape index (κ1) is 5.09. The van der Waals surface area contributed by atoms with E-state index in [2.05, 4.69) is 31.5 Å². The molecular weight excluding hydrogens is 181 g/mol. The molecule has 0 unspecified atom stereocenters. The Morgan fingerprint density at radius 2 is 1.50 bits per heavy atom. The lowest BCUT2D eigenvalue weighted by molar-refractivity contribution is 4.50. The van der Waals surface area contributed by atoms with Crippen molar-refractivity contribution in [3.63, 3.8) is 0 Å². The average molecular weight is 183 g/mol. The van der Waals surface area contributed by atoms with Gasteiger partial charge in [0.15, 0.2) is 0 Å². The third-order valence-corrected chi connectivity index (χ3v) is 0. The summed E-state index contributed by atoms with van der Waals surface area (Å²) in [4.78, 5) is 0. The standard InChI is InChI=1S/B2Br2H2/c1-2(3)4/h1H2. The molecule has 0 aromatic carbocycles. The fraction of sp³-hybridized carbons (Fsp3) is 0. The molecule has 0 saturated heterocycles. The van der Waals surface area contributed by atoms with Crippen molar-refractivity contribution in [1.29, 1.82) is 0 Å². The first-order valence-electron chi connectivity index (χ1n) is 1.01. The minimum Gasteiger partial charge on any atom is -0.151 e. The Labute approximate surface area is 43.8 Å². The molecule has 0 aromatic heterocycles. The summed E-state index contributed by atoms with van der Waals surface area (Å²) < 4.78 is 0.458. The quantitative estimate of drug-likeness (QED) is 0.477. The van der Waals surface area contributed by atoms with Gasteiger partial charge in [0, 0.05) is 0 Å². The first-order chi connectivity index (χ1) is 1.73. The molecule has 0 spiro atoms. The van der Waals surface area contributed by atoms with Crippen LogP contribution in [-0.4, -0.2) is 12.0 Å². The summed E-state index contributed by atoms with van der Waals surface area (Å²) >= 11 is 6.38. The zero-order chi connectivity index (χ0) is 3.58. The third-order valence-electron chi connectivity index (χ3n) is 0. The van der Waals surface area contributed by atoms with E-state index in [0.29, 0.717) is 4.25 Å².